The zero-order chi connectivity index (χ0) is 19.7. The van der Waals surface area contributed by atoms with E-state index < -0.39 is 10.0 Å². The number of hydrogen-bond acceptors (Lipinski definition) is 4. The van der Waals surface area contributed by atoms with Crippen molar-refractivity contribution in [2.24, 2.45) is 5.92 Å². The lowest BCUT2D eigenvalue weighted by molar-refractivity contribution is -0.121. The molecule has 2 aromatic rings. The molecule has 1 saturated heterocycles. The predicted octanol–water partition coefficient (Wildman–Crippen LogP) is 3.31. The minimum atomic E-state index is -3.45. The summed E-state index contributed by atoms with van der Waals surface area (Å²) in [4.78, 5) is 12.8. The third kappa shape index (κ3) is 3.87. The van der Waals surface area contributed by atoms with Crippen molar-refractivity contribution >= 4 is 33.2 Å². The summed E-state index contributed by atoms with van der Waals surface area (Å²) >= 11 is 6.02. The number of nitrogens with one attached hydrogen (secondary N) is 1. The number of benzene rings is 2. The van der Waals surface area contributed by atoms with Crippen molar-refractivity contribution in [3.63, 3.8) is 0 Å². The molecule has 0 aromatic heterocycles. The van der Waals surface area contributed by atoms with Gasteiger partial charge in [0.2, 0.25) is 15.9 Å². The maximum Gasteiger partial charge on any atom is 0.243 e. The Morgan fingerprint density at radius 1 is 1.11 bits per heavy atom. The van der Waals surface area contributed by atoms with E-state index in [9.17, 15) is 13.2 Å². The Kier molecular flexibility index (Phi) is 5.31. The minimum Gasteiger partial charge on any atom is -0.492 e. The van der Waals surface area contributed by atoms with Crippen molar-refractivity contribution in [2.75, 3.05) is 25.0 Å². The minimum absolute atomic E-state index is 0.166. The van der Waals surface area contributed by atoms with Gasteiger partial charge in [-0.05, 0) is 67.3 Å². The van der Waals surface area contributed by atoms with Crippen LogP contribution in [0.25, 0.3) is 0 Å². The normalized spacial score (nSPS) is 19.7. The molecule has 1 amide bonds. The van der Waals surface area contributed by atoms with Gasteiger partial charge in [-0.2, -0.15) is 4.31 Å². The lowest BCUT2D eigenvalue weighted by Crippen LogP contribution is -2.32. The molecule has 6 nitrogen and oxygen atoms in total. The lowest BCUT2D eigenvalue weighted by Gasteiger charge is -2.24. The van der Waals surface area contributed by atoms with Crippen LogP contribution in [-0.4, -0.2) is 38.3 Å². The van der Waals surface area contributed by atoms with Gasteiger partial charge >= 0.3 is 0 Å². The molecule has 0 aliphatic carbocycles. The number of carbonyl (C=O) groups is 1. The van der Waals surface area contributed by atoms with Gasteiger partial charge in [-0.1, -0.05) is 11.6 Å². The van der Waals surface area contributed by atoms with E-state index in [2.05, 4.69) is 5.32 Å². The molecule has 2 aromatic carbocycles. The van der Waals surface area contributed by atoms with Crippen LogP contribution in [0.15, 0.2) is 47.4 Å². The van der Waals surface area contributed by atoms with Gasteiger partial charge in [0.1, 0.15) is 12.4 Å². The fraction of sp³-hybridized carbons (Fsp3) is 0.350. The van der Waals surface area contributed by atoms with Gasteiger partial charge in [-0.3, -0.25) is 4.79 Å². The second kappa shape index (κ2) is 7.73. The Balaban J connectivity index is 1.42. The van der Waals surface area contributed by atoms with E-state index in [4.69, 9.17) is 16.3 Å². The van der Waals surface area contributed by atoms with Crippen LogP contribution < -0.4 is 10.1 Å². The van der Waals surface area contributed by atoms with Gasteiger partial charge in [0.15, 0.2) is 0 Å². The molecule has 1 fully saturated rings. The summed E-state index contributed by atoms with van der Waals surface area (Å²) in [5.41, 5.74) is 1.47. The molecular formula is C20H21ClN2O4S. The third-order valence-corrected chi connectivity index (χ3v) is 7.27. The maximum atomic E-state index is 12.6. The fourth-order valence-electron chi connectivity index (χ4n) is 3.56. The molecule has 1 atom stereocenters. The van der Waals surface area contributed by atoms with Crippen molar-refractivity contribution in [1.82, 2.24) is 4.31 Å². The summed E-state index contributed by atoms with van der Waals surface area (Å²) in [5.74, 6) is 0.254. The van der Waals surface area contributed by atoms with Gasteiger partial charge in [0.05, 0.1) is 10.8 Å². The second-order valence-electron chi connectivity index (χ2n) is 7.09. The summed E-state index contributed by atoms with van der Waals surface area (Å²) in [6.07, 6.45) is 2.33. The highest BCUT2D eigenvalue weighted by atomic mass is 35.5. The Hall–Kier alpha value is -2.09. The van der Waals surface area contributed by atoms with E-state index >= 15 is 0 Å². The van der Waals surface area contributed by atoms with Crippen molar-refractivity contribution < 1.29 is 17.9 Å². The first kappa shape index (κ1) is 19.2. The van der Waals surface area contributed by atoms with Crippen LogP contribution in [-0.2, 0) is 21.2 Å². The number of amides is 1. The molecule has 2 heterocycles. The third-order valence-electron chi connectivity index (χ3n) is 5.12. The topological polar surface area (TPSA) is 75.7 Å². The SMILES string of the molecule is O=C(Nc1ccc(S(=O)(=O)N2CCCC2)cc1)C1COc2ccc(Cl)cc2C1. The highest BCUT2D eigenvalue weighted by Gasteiger charge is 2.28. The molecule has 2 aliphatic rings. The molecule has 8 heteroatoms. The van der Waals surface area contributed by atoms with Crippen molar-refractivity contribution in [3.8, 4) is 5.75 Å². The monoisotopic (exact) mass is 420 g/mol. The Labute approximate surface area is 169 Å². The molecule has 28 heavy (non-hydrogen) atoms. The van der Waals surface area contributed by atoms with Crippen molar-refractivity contribution in [2.45, 2.75) is 24.2 Å². The first-order chi connectivity index (χ1) is 13.4. The predicted molar refractivity (Wildman–Crippen MR) is 107 cm³/mol. The van der Waals surface area contributed by atoms with Crippen molar-refractivity contribution in [3.05, 3.63) is 53.1 Å². The molecule has 1 unspecified atom stereocenters. The number of rotatable bonds is 4. The van der Waals surface area contributed by atoms with Crippen LogP contribution in [0.3, 0.4) is 0 Å². The quantitative estimate of drug-likeness (QED) is 0.823. The van der Waals surface area contributed by atoms with Gasteiger partial charge in [-0.15, -0.1) is 0 Å². The van der Waals surface area contributed by atoms with Gasteiger partial charge in [-0.25, -0.2) is 8.42 Å². The van der Waals surface area contributed by atoms with E-state index in [1.54, 1.807) is 18.2 Å². The molecular weight excluding hydrogens is 400 g/mol. The number of nitrogens with zero attached hydrogens (tertiary/aromatic N) is 1. The number of anilines is 1. The lowest BCUT2D eigenvalue weighted by atomic mass is 9.96. The molecule has 0 spiro atoms. The number of sulfonamides is 1. The standard InChI is InChI=1S/C20H21ClN2O4S/c21-16-3-8-19-14(12-16)11-15(13-27-19)20(24)22-17-4-6-18(7-5-17)28(25,26)23-9-1-2-10-23/h3-8,12,15H,1-2,9-11,13H2,(H,22,24). The molecule has 1 N–H and O–H groups in total. The summed E-state index contributed by atoms with van der Waals surface area (Å²) in [5, 5.41) is 3.45. The number of carbonyl (C=O) groups excluding carboxylic acids is 1. The largest absolute Gasteiger partial charge is 0.492 e. The van der Waals surface area contributed by atoms with Crippen LogP contribution in [0.5, 0.6) is 5.75 Å². The van der Waals surface area contributed by atoms with Crippen LogP contribution in [0.2, 0.25) is 5.02 Å². The summed E-state index contributed by atoms with van der Waals surface area (Å²) < 4.78 is 32.3. The summed E-state index contributed by atoms with van der Waals surface area (Å²) in [6, 6.07) is 11.7. The van der Waals surface area contributed by atoms with E-state index in [0.717, 1.165) is 24.2 Å². The Morgan fingerprint density at radius 2 is 1.82 bits per heavy atom. The number of fused-ring (bicyclic) bond motifs is 1. The highest BCUT2D eigenvalue weighted by molar-refractivity contribution is 7.89. The van der Waals surface area contributed by atoms with Crippen LogP contribution in [0, 0.1) is 5.92 Å². The van der Waals surface area contributed by atoms with Gasteiger partial charge < -0.3 is 10.1 Å². The molecule has 0 bridgehead atoms. The number of hydrogen-bond donors (Lipinski definition) is 1. The van der Waals surface area contributed by atoms with E-state index in [-0.39, 0.29) is 16.7 Å². The molecule has 148 valence electrons. The second-order valence-corrected chi connectivity index (χ2v) is 9.46. The Morgan fingerprint density at radius 3 is 2.54 bits per heavy atom. The smallest absolute Gasteiger partial charge is 0.243 e. The fourth-order valence-corrected chi connectivity index (χ4v) is 5.28. The van der Waals surface area contributed by atoms with E-state index in [0.29, 0.717) is 36.8 Å². The van der Waals surface area contributed by atoms with Crippen LogP contribution in [0.4, 0.5) is 5.69 Å². The van der Waals surface area contributed by atoms with Gasteiger partial charge in [0.25, 0.3) is 0 Å². The number of halogens is 1. The molecule has 2 aliphatic heterocycles. The first-order valence-electron chi connectivity index (χ1n) is 9.26. The Bertz CT molecular complexity index is 986. The molecule has 4 rings (SSSR count). The van der Waals surface area contributed by atoms with Gasteiger partial charge in [0, 0.05) is 23.8 Å². The molecule has 0 saturated carbocycles. The molecule has 0 radical (unpaired) electrons. The van der Waals surface area contributed by atoms with E-state index in [1.165, 1.54) is 16.4 Å². The zero-order valence-corrected chi connectivity index (χ0v) is 16.8. The average Bonchev–Trinajstić information content (AvgIpc) is 3.23. The van der Waals surface area contributed by atoms with E-state index in [1.807, 2.05) is 12.1 Å². The highest BCUT2D eigenvalue weighted by Crippen LogP contribution is 2.30. The van der Waals surface area contributed by atoms with Crippen molar-refractivity contribution in [1.29, 1.82) is 0 Å². The average molecular weight is 421 g/mol. The summed E-state index contributed by atoms with van der Waals surface area (Å²) in [6.45, 7) is 1.42. The summed E-state index contributed by atoms with van der Waals surface area (Å²) in [7, 11) is -3.45. The van der Waals surface area contributed by atoms with Crippen LogP contribution >= 0.6 is 11.6 Å². The maximum absolute atomic E-state index is 12.6. The van der Waals surface area contributed by atoms with Crippen LogP contribution in [0.1, 0.15) is 18.4 Å². The first-order valence-corrected chi connectivity index (χ1v) is 11.1. The zero-order valence-electron chi connectivity index (χ0n) is 15.2. The number of ether oxygens (including phenoxy) is 1.